The monoisotopic (exact) mass is 254 g/mol. The Morgan fingerprint density at radius 2 is 2.11 bits per heavy atom. The molecule has 4 heteroatoms. The normalized spacial score (nSPS) is 26.9. The molecule has 2 N–H and O–H groups in total. The van der Waals surface area contributed by atoms with Crippen molar-refractivity contribution in [3.8, 4) is 0 Å². The summed E-state index contributed by atoms with van der Waals surface area (Å²) in [6.07, 6.45) is 5.38. The minimum absolute atomic E-state index is 0.0601. The highest BCUT2D eigenvalue weighted by molar-refractivity contribution is 5.69. The van der Waals surface area contributed by atoms with Crippen LogP contribution in [0.5, 0.6) is 0 Å². The Morgan fingerprint density at radius 1 is 1.44 bits per heavy atom. The summed E-state index contributed by atoms with van der Waals surface area (Å²) in [6.45, 7) is 7.31. The highest BCUT2D eigenvalue weighted by atomic mass is 16.6. The number of hydrogen-bond donors (Lipinski definition) is 1. The van der Waals surface area contributed by atoms with Crippen molar-refractivity contribution in [2.24, 2.45) is 11.7 Å². The first kappa shape index (κ1) is 13.7. The summed E-state index contributed by atoms with van der Waals surface area (Å²) >= 11 is 0. The first-order valence-corrected chi connectivity index (χ1v) is 7.07. The van der Waals surface area contributed by atoms with Gasteiger partial charge in [0, 0.05) is 12.1 Å². The Morgan fingerprint density at radius 3 is 2.56 bits per heavy atom. The van der Waals surface area contributed by atoms with Crippen LogP contribution < -0.4 is 5.73 Å². The Kier molecular flexibility index (Phi) is 3.58. The molecule has 0 bridgehead atoms. The summed E-state index contributed by atoms with van der Waals surface area (Å²) in [4.78, 5) is 14.3. The number of amides is 1. The molecule has 18 heavy (non-hydrogen) atoms. The van der Waals surface area contributed by atoms with Gasteiger partial charge in [0.1, 0.15) is 5.60 Å². The molecule has 1 unspecified atom stereocenters. The van der Waals surface area contributed by atoms with Crippen molar-refractivity contribution in [2.45, 2.75) is 64.0 Å². The van der Waals surface area contributed by atoms with E-state index in [0.717, 1.165) is 38.8 Å². The van der Waals surface area contributed by atoms with Crippen LogP contribution in [0.2, 0.25) is 0 Å². The zero-order valence-electron chi connectivity index (χ0n) is 11.9. The van der Waals surface area contributed by atoms with E-state index in [0.29, 0.717) is 5.92 Å². The van der Waals surface area contributed by atoms with Crippen molar-refractivity contribution >= 4 is 6.09 Å². The van der Waals surface area contributed by atoms with E-state index in [1.807, 2.05) is 25.7 Å². The van der Waals surface area contributed by atoms with Crippen LogP contribution in [0.1, 0.15) is 52.9 Å². The van der Waals surface area contributed by atoms with Gasteiger partial charge in [0.15, 0.2) is 0 Å². The molecule has 0 aromatic heterocycles. The smallest absolute Gasteiger partial charge is 0.410 e. The standard InChI is InChI=1S/C14H26N2O2/c1-13(2,3)18-12(17)16-8-5-11(10-15)9-14(16)6-4-7-14/h11H,4-10,15H2,1-3H3. The minimum Gasteiger partial charge on any atom is -0.444 e. The third-order valence-electron chi connectivity index (χ3n) is 4.23. The van der Waals surface area contributed by atoms with Crippen LogP contribution in [0.25, 0.3) is 0 Å². The molecule has 0 aromatic carbocycles. The maximum absolute atomic E-state index is 12.3. The Hall–Kier alpha value is -0.770. The topological polar surface area (TPSA) is 55.6 Å². The molecule has 0 aromatic rings. The molecular formula is C14H26N2O2. The van der Waals surface area contributed by atoms with Gasteiger partial charge in [-0.3, -0.25) is 0 Å². The van der Waals surface area contributed by atoms with E-state index in [1.165, 1.54) is 6.42 Å². The number of likely N-dealkylation sites (tertiary alicyclic amines) is 1. The lowest BCUT2D eigenvalue weighted by atomic mass is 9.67. The van der Waals surface area contributed by atoms with E-state index >= 15 is 0 Å². The van der Waals surface area contributed by atoms with Gasteiger partial charge in [0.25, 0.3) is 0 Å². The second-order valence-corrected chi connectivity index (χ2v) is 6.80. The highest BCUT2D eigenvalue weighted by Gasteiger charge is 2.49. The zero-order chi connectivity index (χ0) is 13.4. The molecule has 104 valence electrons. The predicted molar refractivity (Wildman–Crippen MR) is 71.3 cm³/mol. The number of nitrogens with zero attached hydrogens (tertiary/aromatic N) is 1. The van der Waals surface area contributed by atoms with Gasteiger partial charge in [0.2, 0.25) is 0 Å². The van der Waals surface area contributed by atoms with Gasteiger partial charge >= 0.3 is 6.09 Å². The lowest BCUT2D eigenvalue weighted by Gasteiger charge is -2.54. The van der Waals surface area contributed by atoms with E-state index in [9.17, 15) is 4.79 Å². The average Bonchev–Trinajstić information content (AvgIpc) is 2.23. The largest absolute Gasteiger partial charge is 0.444 e. The first-order valence-electron chi connectivity index (χ1n) is 7.07. The summed E-state index contributed by atoms with van der Waals surface area (Å²) in [7, 11) is 0. The predicted octanol–water partition coefficient (Wildman–Crippen LogP) is 2.51. The maximum atomic E-state index is 12.3. The maximum Gasteiger partial charge on any atom is 0.410 e. The zero-order valence-corrected chi connectivity index (χ0v) is 11.9. The molecule has 1 aliphatic heterocycles. The lowest BCUT2D eigenvalue weighted by molar-refractivity contribution is -0.0539. The van der Waals surface area contributed by atoms with E-state index in [2.05, 4.69) is 0 Å². The van der Waals surface area contributed by atoms with Crippen LogP contribution in [0.3, 0.4) is 0 Å². The van der Waals surface area contributed by atoms with Crippen LogP contribution in [0.15, 0.2) is 0 Å². The van der Waals surface area contributed by atoms with Crippen molar-refractivity contribution < 1.29 is 9.53 Å². The third-order valence-corrected chi connectivity index (χ3v) is 4.23. The number of nitrogens with two attached hydrogens (primary N) is 1. The fourth-order valence-electron chi connectivity index (χ4n) is 3.16. The summed E-state index contributed by atoms with van der Waals surface area (Å²) in [5.74, 6) is 0.573. The van der Waals surface area contributed by atoms with E-state index in [-0.39, 0.29) is 11.6 Å². The number of hydrogen-bond acceptors (Lipinski definition) is 3. The molecule has 1 saturated carbocycles. The van der Waals surface area contributed by atoms with Crippen molar-refractivity contribution in [1.29, 1.82) is 0 Å². The molecule has 2 aliphatic rings. The van der Waals surface area contributed by atoms with E-state index in [4.69, 9.17) is 10.5 Å². The molecule has 1 amide bonds. The van der Waals surface area contributed by atoms with Crippen LogP contribution in [0.4, 0.5) is 4.79 Å². The molecule has 2 rings (SSSR count). The fourth-order valence-corrected chi connectivity index (χ4v) is 3.16. The summed E-state index contributed by atoms with van der Waals surface area (Å²) < 4.78 is 5.53. The van der Waals surface area contributed by atoms with Crippen molar-refractivity contribution in [3.63, 3.8) is 0 Å². The van der Waals surface area contributed by atoms with Gasteiger partial charge in [-0.15, -0.1) is 0 Å². The summed E-state index contributed by atoms with van der Waals surface area (Å²) in [5.41, 5.74) is 5.44. The van der Waals surface area contributed by atoms with Crippen LogP contribution in [-0.2, 0) is 4.74 Å². The number of ether oxygens (including phenoxy) is 1. The fraction of sp³-hybridized carbons (Fsp3) is 0.929. The lowest BCUT2D eigenvalue weighted by Crippen LogP contribution is -2.61. The quantitative estimate of drug-likeness (QED) is 0.782. The Bertz CT molecular complexity index is 318. The van der Waals surface area contributed by atoms with Crippen molar-refractivity contribution in [2.75, 3.05) is 13.1 Å². The van der Waals surface area contributed by atoms with Gasteiger partial charge in [-0.25, -0.2) is 4.79 Å². The molecular weight excluding hydrogens is 228 g/mol. The third kappa shape index (κ3) is 2.63. The van der Waals surface area contributed by atoms with Gasteiger partial charge in [0.05, 0.1) is 0 Å². The van der Waals surface area contributed by atoms with Gasteiger partial charge in [-0.05, 0) is 65.3 Å². The summed E-state index contributed by atoms with van der Waals surface area (Å²) in [5, 5.41) is 0. The van der Waals surface area contributed by atoms with Gasteiger partial charge in [-0.2, -0.15) is 0 Å². The summed E-state index contributed by atoms with van der Waals surface area (Å²) in [6, 6.07) is 0. The number of carbonyl (C=O) groups excluding carboxylic acids is 1. The minimum atomic E-state index is -0.410. The average molecular weight is 254 g/mol. The molecule has 1 atom stereocenters. The van der Waals surface area contributed by atoms with Crippen LogP contribution in [-0.4, -0.2) is 35.2 Å². The number of rotatable bonds is 1. The van der Waals surface area contributed by atoms with Gasteiger partial charge in [-0.1, -0.05) is 0 Å². The second-order valence-electron chi connectivity index (χ2n) is 6.80. The molecule has 1 aliphatic carbocycles. The molecule has 1 spiro atoms. The molecule has 0 radical (unpaired) electrons. The van der Waals surface area contributed by atoms with Crippen LogP contribution >= 0.6 is 0 Å². The van der Waals surface area contributed by atoms with E-state index < -0.39 is 5.60 Å². The van der Waals surface area contributed by atoms with Gasteiger partial charge < -0.3 is 15.4 Å². The molecule has 1 heterocycles. The number of piperidine rings is 1. The van der Waals surface area contributed by atoms with Crippen molar-refractivity contribution in [3.05, 3.63) is 0 Å². The Balaban J connectivity index is 2.05. The van der Waals surface area contributed by atoms with E-state index in [1.54, 1.807) is 0 Å². The highest BCUT2D eigenvalue weighted by Crippen LogP contribution is 2.46. The SMILES string of the molecule is CC(C)(C)OC(=O)N1CCC(CN)CC12CCC2. The first-order chi connectivity index (χ1) is 8.36. The Labute approximate surface area is 110 Å². The molecule has 4 nitrogen and oxygen atoms in total. The second kappa shape index (κ2) is 4.72. The molecule has 2 fully saturated rings. The van der Waals surface area contributed by atoms with Crippen LogP contribution in [0, 0.1) is 5.92 Å². The van der Waals surface area contributed by atoms with Crippen molar-refractivity contribution in [1.82, 2.24) is 4.90 Å². The number of carbonyl (C=O) groups is 1. The molecule has 1 saturated heterocycles.